The molecule has 0 aromatic heterocycles. The third-order valence-corrected chi connectivity index (χ3v) is 8.08. The summed E-state index contributed by atoms with van der Waals surface area (Å²) in [4.78, 5) is 0. The molecule has 0 N–H and O–H groups in total. The molecule has 2 aromatic rings. The van der Waals surface area contributed by atoms with Crippen molar-refractivity contribution in [3.05, 3.63) is 77.4 Å². The zero-order valence-electron chi connectivity index (χ0n) is 14.8. The Hall–Kier alpha value is -1.82. The predicted octanol–water partition coefficient (Wildman–Crippen LogP) is 6.19. The van der Waals surface area contributed by atoms with Crippen LogP contribution in [-0.2, 0) is 5.41 Å². The molecule has 2 aromatic carbocycles. The van der Waals surface area contributed by atoms with Crippen LogP contribution < -0.4 is 0 Å². The highest BCUT2D eigenvalue weighted by Crippen LogP contribution is 2.68. The topological polar surface area (TPSA) is 0 Å². The second-order valence-corrected chi connectivity index (χ2v) is 9.07. The van der Waals surface area contributed by atoms with Gasteiger partial charge in [-0.2, -0.15) is 0 Å². The molecule has 1 atom stereocenters. The van der Waals surface area contributed by atoms with Crippen molar-refractivity contribution < 1.29 is 0 Å². The van der Waals surface area contributed by atoms with Crippen molar-refractivity contribution in [2.75, 3.05) is 0 Å². The number of allylic oxidation sites excluding steroid dienone is 1. The molecule has 4 bridgehead atoms. The van der Waals surface area contributed by atoms with E-state index in [0.29, 0.717) is 11.3 Å². The summed E-state index contributed by atoms with van der Waals surface area (Å²) in [6.45, 7) is 0. The fourth-order valence-corrected chi connectivity index (χ4v) is 7.52. The standard InChI is InChI=1S/C25H26/c1-2-7-20(8-3-1)25(24-11-10-19-6-4-5-9-23(19)24)21-13-17-12-18(15-21)16-22(25)14-17/h1-11,17-18,21-22,24H,12-16H2. The van der Waals surface area contributed by atoms with Gasteiger partial charge < -0.3 is 0 Å². The second-order valence-electron chi connectivity index (χ2n) is 9.07. The zero-order valence-corrected chi connectivity index (χ0v) is 14.8. The first-order valence-corrected chi connectivity index (χ1v) is 10.2. The molecule has 4 saturated carbocycles. The third kappa shape index (κ3) is 1.83. The van der Waals surface area contributed by atoms with Gasteiger partial charge in [0, 0.05) is 11.3 Å². The number of benzene rings is 2. The molecule has 5 aliphatic carbocycles. The molecule has 1 unspecified atom stereocenters. The Morgan fingerprint density at radius 2 is 1.32 bits per heavy atom. The molecule has 0 aliphatic heterocycles. The maximum Gasteiger partial charge on any atom is 0.0130 e. The van der Waals surface area contributed by atoms with E-state index in [4.69, 9.17) is 0 Å². The number of hydrogen-bond acceptors (Lipinski definition) is 0. The van der Waals surface area contributed by atoms with Crippen LogP contribution >= 0.6 is 0 Å². The summed E-state index contributed by atoms with van der Waals surface area (Å²) in [5, 5.41) is 0. The Morgan fingerprint density at radius 3 is 2.04 bits per heavy atom. The van der Waals surface area contributed by atoms with Gasteiger partial charge >= 0.3 is 0 Å². The van der Waals surface area contributed by atoms with E-state index in [1.165, 1.54) is 37.7 Å². The van der Waals surface area contributed by atoms with Crippen LogP contribution in [0.3, 0.4) is 0 Å². The van der Waals surface area contributed by atoms with Gasteiger partial charge in [0.2, 0.25) is 0 Å². The lowest BCUT2D eigenvalue weighted by atomic mass is 9.40. The van der Waals surface area contributed by atoms with Crippen molar-refractivity contribution in [3.63, 3.8) is 0 Å². The first-order chi connectivity index (χ1) is 12.4. The Balaban J connectivity index is 1.58. The summed E-state index contributed by atoms with van der Waals surface area (Å²) in [7, 11) is 0. The molecule has 126 valence electrons. The molecule has 0 spiro atoms. The zero-order chi connectivity index (χ0) is 16.4. The van der Waals surface area contributed by atoms with Gasteiger partial charge in [0.05, 0.1) is 0 Å². The largest absolute Gasteiger partial charge is 0.0755 e. The fraction of sp³-hybridized carbons (Fsp3) is 0.440. The minimum atomic E-state index is 0.331. The quantitative estimate of drug-likeness (QED) is 0.617. The fourth-order valence-electron chi connectivity index (χ4n) is 7.52. The lowest BCUT2D eigenvalue weighted by Gasteiger charge is -2.63. The Labute approximate surface area is 151 Å². The SMILES string of the molecule is C1=CC(C2(c3ccccc3)C3CC4CC(C3)CC2C4)c2ccccc21. The van der Waals surface area contributed by atoms with E-state index in [-0.39, 0.29) is 0 Å². The summed E-state index contributed by atoms with van der Waals surface area (Å²) >= 11 is 0. The molecule has 7 rings (SSSR count). The van der Waals surface area contributed by atoms with Crippen LogP contribution in [0.1, 0.15) is 54.7 Å². The number of fused-ring (bicyclic) bond motifs is 1. The first-order valence-electron chi connectivity index (χ1n) is 10.2. The van der Waals surface area contributed by atoms with E-state index in [9.17, 15) is 0 Å². The molecule has 5 aliphatic rings. The summed E-state index contributed by atoms with van der Waals surface area (Å²) in [5.41, 5.74) is 4.99. The van der Waals surface area contributed by atoms with Gasteiger partial charge in [0.15, 0.2) is 0 Å². The molecular weight excluding hydrogens is 300 g/mol. The summed E-state index contributed by atoms with van der Waals surface area (Å²) in [6, 6.07) is 20.8. The Bertz CT molecular complexity index is 800. The van der Waals surface area contributed by atoms with Gasteiger partial charge in [0.25, 0.3) is 0 Å². The Morgan fingerprint density at radius 1 is 0.680 bits per heavy atom. The summed E-state index contributed by atoms with van der Waals surface area (Å²) in [6.07, 6.45) is 12.3. The van der Waals surface area contributed by atoms with Crippen molar-refractivity contribution in [1.82, 2.24) is 0 Å². The molecule has 0 heterocycles. The van der Waals surface area contributed by atoms with E-state index in [0.717, 1.165) is 23.7 Å². The van der Waals surface area contributed by atoms with Gasteiger partial charge in [-0.15, -0.1) is 0 Å². The maximum absolute atomic E-state index is 2.56. The van der Waals surface area contributed by atoms with Gasteiger partial charge in [-0.3, -0.25) is 0 Å². The number of rotatable bonds is 2. The molecule has 25 heavy (non-hydrogen) atoms. The van der Waals surface area contributed by atoms with Crippen LogP contribution in [-0.4, -0.2) is 0 Å². The van der Waals surface area contributed by atoms with Gasteiger partial charge in [-0.1, -0.05) is 66.7 Å². The normalized spacial score (nSPS) is 40.4. The van der Waals surface area contributed by atoms with E-state index in [1.807, 2.05) is 0 Å². The smallest absolute Gasteiger partial charge is 0.0130 e. The third-order valence-electron chi connectivity index (χ3n) is 8.08. The van der Waals surface area contributed by atoms with Crippen molar-refractivity contribution in [1.29, 1.82) is 0 Å². The van der Waals surface area contributed by atoms with Crippen LogP contribution in [0.25, 0.3) is 6.08 Å². The first kappa shape index (κ1) is 14.4. The molecule has 0 radical (unpaired) electrons. The van der Waals surface area contributed by atoms with Crippen LogP contribution in [0.2, 0.25) is 0 Å². The van der Waals surface area contributed by atoms with Gasteiger partial charge in [0.1, 0.15) is 0 Å². The van der Waals surface area contributed by atoms with Crippen molar-refractivity contribution in [3.8, 4) is 0 Å². The van der Waals surface area contributed by atoms with Crippen LogP contribution in [0.5, 0.6) is 0 Å². The monoisotopic (exact) mass is 326 g/mol. The average molecular weight is 326 g/mol. The minimum absolute atomic E-state index is 0.331. The Kier molecular flexibility index (Phi) is 2.93. The minimum Gasteiger partial charge on any atom is -0.0755 e. The lowest BCUT2D eigenvalue weighted by molar-refractivity contribution is -0.0675. The highest BCUT2D eigenvalue weighted by molar-refractivity contribution is 5.64. The lowest BCUT2D eigenvalue weighted by Crippen LogP contribution is -2.57. The summed E-state index contributed by atoms with van der Waals surface area (Å²) < 4.78 is 0. The molecular formula is C25H26. The molecule has 0 amide bonds. The molecule has 0 heteroatoms. The second kappa shape index (κ2) is 5.10. The average Bonchev–Trinajstić information content (AvgIpc) is 3.07. The highest BCUT2D eigenvalue weighted by Gasteiger charge is 2.61. The molecule has 0 saturated heterocycles. The molecule has 4 fully saturated rings. The van der Waals surface area contributed by atoms with Crippen LogP contribution in [0.15, 0.2) is 60.7 Å². The van der Waals surface area contributed by atoms with Crippen LogP contribution in [0.4, 0.5) is 0 Å². The predicted molar refractivity (Wildman–Crippen MR) is 103 cm³/mol. The molecule has 0 nitrogen and oxygen atoms in total. The van der Waals surface area contributed by atoms with Crippen molar-refractivity contribution in [2.24, 2.45) is 23.7 Å². The van der Waals surface area contributed by atoms with Crippen molar-refractivity contribution >= 4 is 6.08 Å². The van der Waals surface area contributed by atoms with E-state index >= 15 is 0 Å². The van der Waals surface area contributed by atoms with E-state index < -0.39 is 0 Å². The van der Waals surface area contributed by atoms with Crippen molar-refractivity contribution in [2.45, 2.75) is 43.4 Å². The highest BCUT2D eigenvalue weighted by atomic mass is 14.6. The summed E-state index contributed by atoms with van der Waals surface area (Å²) in [5.74, 6) is 4.33. The number of hydrogen-bond donors (Lipinski definition) is 0. The van der Waals surface area contributed by atoms with Crippen LogP contribution in [0, 0.1) is 23.7 Å². The van der Waals surface area contributed by atoms with E-state index in [2.05, 4.69) is 66.7 Å². The van der Waals surface area contributed by atoms with Gasteiger partial charge in [-0.05, 0) is 72.5 Å². The maximum atomic E-state index is 2.56. The van der Waals surface area contributed by atoms with E-state index in [1.54, 1.807) is 11.1 Å². The van der Waals surface area contributed by atoms with Gasteiger partial charge in [-0.25, -0.2) is 0 Å².